The van der Waals surface area contributed by atoms with Crippen molar-refractivity contribution in [3.8, 4) is 5.75 Å². The molecule has 1 heterocycles. The van der Waals surface area contributed by atoms with Crippen molar-refractivity contribution in [1.29, 1.82) is 0 Å². The topological polar surface area (TPSA) is 9.23 Å². The molecule has 1 aliphatic rings. The van der Waals surface area contributed by atoms with E-state index in [9.17, 15) is 0 Å². The van der Waals surface area contributed by atoms with E-state index >= 15 is 0 Å². The minimum atomic E-state index is 0.668. The van der Waals surface area contributed by atoms with Crippen molar-refractivity contribution in [2.45, 2.75) is 13.0 Å². The average molecular weight is 246 g/mol. The van der Waals surface area contributed by atoms with Crippen LogP contribution in [0.5, 0.6) is 5.75 Å². The molecule has 0 radical (unpaired) electrons. The highest BCUT2D eigenvalue weighted by Gasteiger charge is 2.15. The van der Waals surface area contributed by atoms with Gasteiger partial charge in [0.05, 0.1) is 0 Å². The SMILES string of the molecule is c1ccc2c(c1)COc1ccc3ccccc3c1C2. The lowest BCUT2D eigenvalue weighted by atomic mass is 9.96. The Hall–Kier alpha value is -2.28. The van der Waals surface area contributed by atoms with Gasteiger partial charge in [-0.15, -0.1) is 0 Å². The van der Waals surface area contributed by atoms with E-state index in [1.165, 1.54) is 27.5 Å². The Morgan fingerprint density at radius 3 is 2.47 bits per heavy atom. The van der Waals surface area contributed by atoms with Crippen LogP contribution < -0.4 is 4.74 Å². The largest absolute Gasteiger partial charge is 0.489 e. The number of hydrogen-bond donors (Lipinski definition) is 0. The fourth-order valence-corrected chi connectivity index (χ4v) is 2.85. The van der Waals surface area contributed by atoms with Crippen molar-refractivity contribution in [3.05, 3.63) is 77.4 Å². The molecular formula is C18H14O. The first-order valence-corrected chi connectivity index (χ1v) is 6.62. The van der Waals surface area contributed by atoms with Gasteiger partial charge in [-0.05, 0) is 28.0 Å². The van der Waals surface area contributed by atoms with Crippen molar-refractivity contribution < 1.29 is 4.74 Å². The summed E-state index contributed by atoms with van der Waals surface area (Å²) in [5, 5.41) is 2.58. The second-order valence-corrected chi connectivity index (χ2v) is 5.00. The van der Waals surface area contributed by atoms with Crippen LogP contribution in [0.4, 0.5) is 0 Å². The van der Waals surface area contributed by atoms with E-state index in [1.54, 1.807) is 0 Å². The number of ether oxygens (including phenoxy) is 1. The molecule has 0 aliphatic carbocycles. The summed E-state index contributed by atoms with van der Waals surface area (Å²) in [6, 6.07) is 21.3. The third-order valence-electron chi connectivity index (χ3n) is 3.87. The summed E-state index contributed by atoms with van der Waals surface area (Å²) in [7, 11) is 0. The molecule has 1 heteroatoms. The van der Waals surface area contributed by atoms with Crippen molar-refractivity contribution in [3.63, 3.8) is 0 Å². The molecule has 0 bridgehead atoms. The van der Waals surface area contributed by atoms with E-state index in [0.29, 0.717) is 6.61 Å². The van der Waals surface area contributed by atoms with Crippen LogP contribution in [0.1, 0.15) is 16.7 Å². The molecule has 4 rings (SSSR count). The van der Waals surface area contributed by atoms with Crippen LogP contribution in [0, 0.1) is 0 Å². The van der Waals surface area contributed by atoms with Gasteiger partial charge in [0.15, 0.2) is 0 Å². The summed E-state index contributed by atoms with van der Waals surface area (Å²) in [6.07, 6.45) is 0.951. The predicted octanol–water partition coefficient (Wildman–Crippen LogP) is 4.32. The molecule has 3 aromatic rings. The second-order valence-electron chi connectivity index (χ2n) is 5.00. The second kappa shape index (κ2) is 4.13. The van der Waals surface area contributed by atoms with E-state index in [0.717, 1.165) is 12.2 Å². The van der Waals surface area contributed by atoms with Gasteiger partial charge < -0.3 is 4.74 Å². The molecule has 0 atom stereocenters. The first-order valence-electron chi connectivity index (χ1n) is 6.62. The summed E-state index contributed by atoms with van der Waals surface area (Å²) in [5.74, 6) is 1.02. The number of fused-ring (bicyclic) bond motifs is 4. The van der Waals surface area contributed by atoms with Crippen LogP contribution >= 0.6 is 0 Å². The quantitative estimate of drug-likeness (QED) is 0.574. The Morgan fingerprint density at radius 1 is 0.737 bits per heavy atom. The van der Waals surface area contributed by atoms with Gasteiger partial charge in [-0.1, -0.05) is 54.6 Å². The molecule has 3 aromatic carbocycles. The Bertz CT molecular complexity index is 758. The summed E-state index contributed by atoms with van der Waals surface area (Å²) >= 11 is 0. The minimum absolute atomic E-state index is 0.668. The van der Waals surface area contributed by atoms with Gasteiger partial charge in [0.1, 0.15) is 12.4 Å². The van der Waals surface area contributed by atoms with Crippen LogP contribution in [-0.4, -0.2) is 0 Å². The highest BCUT2D eigenvalue weighted by atomic mass is 16.5. The lowest BCUT2D eigenvalue weighted by molar-refractivity contribution is 0.307. The highest BCUT2D eigenvalue weighted by molar-refractivity contribution is 5.88. The van der Waals surface area contributed by atoms with Crippen molar-refractivity contribution in [2.75, 3.05) is 0 Å². The molecule has 0 saturated heterocycles. The minimum Gasteiger partial charge on any atom is -0.489 e. The fourth-order valence-electron chi connectivity index (χ4n) is 2.85. The summed E-state index contributed by atoms with van der Waals surface area (Å²) in [6.45, 7) is 0.668. The van der Waals surface area contributed by atoms with Gasteiger partial charge in [0.25, 0.3) is 0 Å². The van der Waals surface area contributed by atoms with Gasteiger partial charge in [0.2, 0.25) is 0 Å². The molecule has 1 nitrogen and oxygen atoms in total. The first-order chi connectivity index (χ1) is 9.42. The zero-order valence-electron chi connectivity index (χ0n) is 10.6. The number of rotatable bonds is 0. The van der Waals surface area contributed by atoms with Crippen LogP contribution in [0.2, 0.25) is 0 Å². The Morgan fingerprint density at radius 2 is 1.53 bits per heavy atom. The maximum absolute atomic E-state index is 5.98. The lowest BCUT2D eigenvalue weighted by Gasteiger charge is -2.10. The highest BCUT2D eigenvalue weighted by Crippen LogP contribution is 2.33. The van der Waals surface area contributed by atoms with E-state index < -0.39 is 0 Å². The maximum Gasteiger partial charge on any atom is 0.123 e. The molecule has 0 amide bonds. The molecule has 0 N–H and O–H groups in total. The molecule has 0 fully saturated rings. The molecule has 0 aromatic heterocycles. The van der Waals surface area contributed by atoms with Crippen molar-refractivity contribution in [1.82, 2.24) is 0 Å². The zero-order chi connectivity index (χ0) is 12.7. The average Bonchev–Trinajstić information content (AvgIpc) is 2.66. The molecular weight excluding hydrogens is 232 g/mol. The van der Waals surface area contributed by atoms with Crippen molar-refractivity contribution >= 4 is 10.8 Å². The summed E-state index contributed by atoms with van der Waals surface area (Å²) in [4.78, 5) is 0. The monoisotopic (exact) mass is 246 g/mol. The van der Waals surface area contributed by atoms with Gasteiger partial charge in [-0.3, -0.25) is 0 Å². The first kappa shape index (κ1) is 10.6. The van der Waals surface area contributed by atoms with Gasteiger partial charge in [-0.25, -0.2) is 0 Å². The zero-order valence-corrected chi connectivity index (χ0v) is 10.6. The number of hydrogen-bond acceptors (Lipinski definition) is 1. The van der Waals surface area contributed by atoms with Gasteiger partial charge >= 0.3 is 0 Å². The van der Waals surface area contributed by atoms with Crippen LogP contribution in [0.15, 0.2) is 60.7 Å². The molecule has 1 aliphatic heterocycles. The molecule has 19 heavy (non-hydrogen) atoms. The Kier molecular flexibility index (Phi) is 2.31. The third-order valence-corrected chi connectivity index (χ3v) is 3.87. The van der Waals surface area contributed by atoms with E-state index in [4.69, 9.17) is 4.74 Å². The Labute approximate surface area is 112 Å². The van der Waals surface area contributed by atoms with Crippen LogP contribution in [0.25, 0.3) is 10.8 Å². The van der Waals surface area contributed by atoms with E-state index in [2.05, 4.69) is 60.7 Å². The standard InChI is InChI=1S/C18H14O/c1-2-7-15-12-19-18-10-9-13-5-3-4-8-16(13)17(18)11-14(15)6-1/h1-10H,11-12H2. The summed E-state index contributed by atoms with van der Waals surface area (Å²) in [5.41, 5.74) is 3.98. The molecule has 92 valence electrons. The fraction of sp³-hybridized carbons (Fsp3) is 0.111. The van der Waals surface area contributed by atoms with Crippen molar-refractivity contribution in [2.24, 2.45) is 0 Å². The predicted molar refractivity (Wildman–Crippen MR) is 77.5 cm³/mol. The molecule has 0 spiro atoms. The third kappa shape index (κ3) is 1.70. The smallest absolute Gasteiger partial charge is 0.123 e. The lowest BCUT2D eigenvalue weighted by Crippen LogP contribution is -1.94. The number of benzene rings is 3. The molecule has 0 unspecified atom stereocenters. The normalized spacial score (nSPS) is 13.3. The van der Waals surface area contributed by atoms with Gasteiger partial charge in [-0.2, -0.15) is 0 Å². The molecule has 0 saturated carbocycles. The summed E-state index contributed by atoms with van der Waals surface area (Å²) < 4.78 is 5.98. The van der Waals surface area contributed by atoms with Gasteiger partial charge in [0, 0.05) is 12.0 Å². The van der Waals surface area contributed by atoms with Crippen LogP contribution in [0.3, 0.4) is 0 Å². The van der Waals surface area contributed by atoms with E-state index in [1.807, 2.05) is 0 Å². The maximum atomic E-state index is 5.98. The van der Waals surface area contributed by atoms with E-state index in [-0.39, 0.29) is 0 Å². The Balaban J connectivity index is 1.97. The van der Waals surface area contributed by atoms with Crippen LogP contribution in [-0.2, 0) is 13.0 Å².